The predicted octanol–water partition coefficient (Wildman–Crippen LogP) is 2.21. The summed E-state index contributed by atoms with van der Waals surface area (Å²) in [6.07, 6.45) is 3.65. The number of likely N-dealkylation sites (tertiary alicyclic amines) is 1. The Morgan fingerprint density at radius 3 is 2.54 bits per heavy atom. The van der Waals surface area contributed by atoms with Gasteiger partial charge in [-0.1, -0.05) is 23.9 Å². The number of amides is 3. The molecule has 1 aromatic heterocycles. The molecule has 0 aliphatic carbocycles. The number of imide groups is 1. The average Bonchev–Trinajstić information content (AvgIpc) is 2.71. The first-order chi connectivity index (χ1) is 13.5. The number of methoxy groups -OCH3 is 1. The lowest BCUT2D eigenvalue weighted by Gasteiger charge is -2.40. The number of rotatable bonds is 6. The molecule has 1 fully saturated rings. The summed E-state index contributed by atoms with van der Waals surface area (Å²) < 4.78 is 4.67. The zero-order valence-corrected chi connectivity index (χ0v) is 16.4. The largest absolute Gasteiger partial charge is 0.465 e. The average molecular weight is 400 g/mol. The van der Waals surface area contributed by atoms with Crippen LogP contribution in [0.5, 0.6) is 0 Å². The Hall–Kier alpha value is -2.94. The molecule has 1 aliphatic rings. The summed E-state index contributed by atoms with van der Waals surface area (Å²) in [6.45, 7) is 0.325. The highest BCUT2D eigenvalue weighted by Crippen LogP contribution is 2.27. The van der Waals surface area contributed by atoms with E-state index in [4.69, 9.17) is 0 Å². The van der Waals surface area contributed by atoms with Gasteiger partial charge in [0.2, 0.25) is 5.91 Å². The maximum atomic E-state index is 12.7. The van der Waals surface area contributed by atoms with E-state index in [-0.39, 0.29) is 18.0 Å². The highest BCUT2D eigenvalue weighted by atomic mass is 32.2. The molecule has 0 bridgehead atoms. The maximum Gasteiger partial charge on any atom is 0.337 e. The number of hydrogen-bond donors (Lipinski definition) is 0. The Balaban J connectivity index is 1.57. The quantitative estimate of drug-likeness (QED) is 0.318. The van der Waals surface area contributed by atoms with Crippen molar-refractivity contribution >= 4 is 29.7 Å². The molecule has 3 rings (SSSR count). The Morgan fingerprint density at radius 1 is 1.25 bits per heavy atom. The van der Waals surface area contributed by atoms with Crippen LogP contribution in [0.3, 0.4) is 0 Å². The van der Waals surface area contributed by atoms with Crippen LogP contribution in [0.15, 0.2) is 47.9 Å². The molecule has 1 aromatic carbocycles. The number of β-lactam (4-membered cyclic amide) rings is 1. The first-order valence-electron chi connectivity index (χ1n) is 8.64. The van der Waals surface area contributed by atoms with Crippen LogP contribution >= 0.6 is 11.8 Å². The standard InChI is InChI=1S/C19H20N4O4S/c1-22(11-13-4-6-14(7-5-13)17(25)27-2)19(26)23-15(10-16(23)24)12-28-18-20-8-3-9-21-18/h3-9,15H,10-12H2,1-2H3/t15-/m1/s1. The van der Waals surface area contributed by atoms with Gasteiger partial charge in [-0.15, -0.1) is 0 Å². The van der Waals surface area contributed by atoms with Crippen LogP contribution in [0.2, 0.25) is 0 Å². The fourth-order valence-electron chi connectivity index (χ4n) is 2.80. The number of carbonyl (C=O) groups excluding carboxylic acids is 3. The summed E-state index contributed by atoms with van der Waals surface area (Å²) in [5.41, 5.74) is 1.29. The number of aromatic nitrogens is 2. The van der Waals surface area contributed by atoms with Crippen molar-refractivity contribution < 1.29 is 19.1 Å². The molecule has 2 heterocycles. The minimum absolute atomic E-state index is 0.169. The summed E-state index contributed by atoms with van der Waals surface area (Å²) in [5.74, 6) is -0.0363. The van der Waals surface area contributed by atoms with Gasteiger partial charge in [0.15, 0.2) is 5.16 Å². The number of carbonyl (C=O) groups is 3. The van der Waals surface area contributed by atoms with Crippen molar-refractivity contribution in [2.75, 3.05) is 19.9 Å². The molecule has 3 amide bonds. The molecule has 9 heteroatoms. The molecule has 8 nitrogen and oxygen atoms in total. The highest BCUT2D eigenvalue weighted by Gasteiger charge is 2.42. The molecule has 146 valence electrons. The maximum absolute atomic E-state index is 12.7. The second-order valence-electron chi connectivity index (χ2n) is 6.29. The third-order valence-electron chi connectivity index (χ3n) is 4.32. The summed E-state index contributed by atoms with van der Waals surface area (Å²) >= 11 is 1.42. The van der Waals surface area contributed by atoms with Crippen LogP contribution in [0.1, 0.15) is 22.3 Å². The van der Waals surface area contributed by atoms with Gasteiger partial charge in [0.25, 0.3) is 0 Å². The number of urea groups is 1. The molecular weight excluding hydrogens is 380 g/mol. The highest BCUT2D eigenvalue weighted by molar-refractivity contribution is 7.99. The van der Waals surface area contributed by atoms with Gasteiger partial charge in [-0.2, -0.15) is 0 Å². The monoisotopic (exact) mass is 400 g/mol. The molecule has 0 N–H and O–H groups in total. The Labute approximate surface area is 166 Å². The smallest absolute Gasteiger partial charge is 0.337 e. The Morgan fingerprint density at radius 2 is 1.93 bits per heavy atom. The molecule has 0 spiro atoms. The van der Waals surface area contributed by atoms with E-state index in [0.717, 1.165) is 5.56 Å². The summed E-state index contributed by atoms with van der Waals surface area (Å²) in [4.78, 5) is 47.2. The van der Waals surface area contributed by atoms with Gasteiger partial charge < -0.3 is 9.64 Å². The number of esters is 1. The first kappa shape index (κ1) is 19.8. The van der Waals surface area contributed by atoms with Crippen LogP contribution in [-0.2, 0) is 16.1 Å². The number of benzene rings is 1. The van der Waals surface area contributed by atoms with Crippen molar-refractivity contribution in [2.45, 2.75) is 24.2 Å². The Kier molecular flexibility index (Phi) is 6.25. The van der Waals surface area contributed by atoms with Gasteiger partial charge >= 0.3 is 12.0 Å². The first-order valence-corrected chi connectivity index (χ1v) is 9.62. The summed E-state index contributed by atoms with van der Waals surface area (Å²) in [7, 11) is 2.97. The number of ether oxygens (including phenoxy) is 1. The van der Waals surface area contributed by atoms with Gasteiger partial charge in [0, 0.05) is 38.2 Å². The molecule has 1 saturated heterocycles. The fourth-order valence-corrected chi connectivity index (χ4v) is 3.68. The topological polar surface area (TPSA) is 92.7 Å². The van der Waals surface area contributed by atoms with E-state index in [2.05, 4.69) is 14.7 Å². The number of hydrogen-bond acceptors (Lipinski definition) is 7. The number of nitrogens with zero attached hydrogens (tertiary/aromatic N) is 4. The van der Waals surface area contributed by atoms with Crippen LogP contribution in [0.4, 0.5) is 4.79 Å². The fraction of sp³-hybridized carbons (Fsp3) is 0.316. The van der Waals surface area contributed by atoms with Crippen LogP contribution in [0, 0.1) is 0 Å². The van der Waals surface area contributed by atoms with E-state index in [1.54, 1.807) is 49.8 Å². The molecule has 28 heavy (non-hydrogen) atoms. The molecule has 0 saturated carbocycles. The van der Waals surface area contributed by atoms with E-state index < -0.39 is 5.97 Å². The van der Waals surface area contributed by atoms with Crippen molar-refractivity contribution in [3.63, 3.8) is 0 Å². The van der Waals surface area contributed by atoms with Crippen molar-refractivity contribution in [1.82, 2.24) is 19.8 Å². The molecule has 1 aliphatic heterocycles. The van der Waals surface area contributed by atoms with Crippen molar-refractivity contribution in [3.8, 4) is 0 Å². The van der Waals surface area contributed by atoms with E-state index in [1.807, 2.05) is 0 Å². The Bertz CT molecular complexity index is 860. The molecule has 0 radical (unpaired) electrons. The van der Waals surface area contributed by atoms with Crippen molar-refractivity contribution in [3.05, 3.63) is 53.9 Å². The third kappa shape index (κ3) is 4.48. The number of thioether (sulfide) groups is 1. The second-order valence-corrected chi connectivity index (χ2v) is 7.28. The van der Waals surface area contributed by atoms with Crippen molar-refractivity contribution in [2.24, 2.45) is 0 Å². The van der Waals surface area contributed by atoms with Crippen LogP contribution in [0.25, 0.3) is 0 Å². The molecular formula is C19H20N4O4S. The molecule has 0 unspecified atom stereocenters. The lowest BCUT2D eigenvalue weighted by atomic mass is 10.0. The van der Waals surface area contributed by atoms with E-state index in [1.165, 1.54) is 28.7 Å². The lowest BCUT2D eigenvalue weighted by Crippen LogP contribution is -2.59. The lowest BCUT2D eigenvalue weighted by molar-refractivity contribution is -0.140. The van der Waals surface area contributed by atoms with Gasteiger partial charge in [0.05, 0.1) is 18.7 Å². The predicted molar refractivity (Wildman–Crippen MR) is 103 cm³/mol. The summed E-state index contributed by atoms with van der Waals surface area (Å²) in [5, 5.41) is 0.619. The minimum Gasteiger partial charge on any atom is -0.465 e. The third-order valence-corrected chi connectivity index (χ3v) is 5.34. The normalized spacial score (nSPS) is 15.7. The van der Waals surface area contributed by atoms with Gasteiger partial charge in [0.1, 0.15) is 0 Å². The zero-order chi connectivity index (χ0) is 20.1. The molecule has 1 atom stereocenters. The van der Waals surface area contributed by atoms with Crippen molar-refractivity contribution in [1.29, 1.82) is 0 Å². The van der Waals surface area contributed by atoms with Gasteiger partial charge in [-0.25, -0.2) is 19.6 Å². The van der Waals surface area contributed by atoms with Crippen LogP contribution in [-0.4, -0.2) is 63.6 Å². The van der Waals surface area contributed by atoms with Gasteiger partial charge in [-0.3, -0.25) is 9.69 Å². The van der Waals surface area contributed by atoms with E-state index in [9.17, 15) is 14.4 Å². The second kappa shape index (κ2) is 8.83. The van der Waals surface area contributed by atoms with E-state index >= 15 is 0 Å². The van der Waals surface area contributed by atoms with Crippen LogP contribution < -0.4 is 0 Å². The molecule has 2 aromatic rings. The minimum atomic E-state index is -0.412. The van der Waals surface area contributed by atoms with E-state index in [0.29, 0.717) is 29.4 Å². The van der Waals surface area contributed by atoms with Gasteiger partial charge in [-0.05, 0) is 23.8 Å². The summed E-state index contributed by atoms with van der Waals surface area (Å²) in [6, 6.07) is 8.04. The SMILES string of the molecule is COC(=O)c1ccc(CN(C)C(=O)N2C(=O)C[C@@H]2CSc2ncccn2)cc1. The zero-order valence-electron chi connectivity index (χ0n) is 15.6.